The van der Waals surface area contributed by atoms with Gasteiger partial charge in [0.2, 0.25) is 0 Å². The molecular weight excluding hydrogens is 284 g/mol. The molecule has 2 heteroatoms. The Kier molecular flexibility index (Phi) is 4.79. The Bertz CT molecular complexity index is 589. The zero-order valence-electron chi connectivity index (χ0n) is 13.8. The van der Waals surface area contributed by atoms with Crippen LogP contribution in [0.5, 0.6) is 0 Å². The molecule has 0 aromatic heterocycles. The Morgan fingerprint density at radius 1 is 1.00 bits per heavy atom. The highest BCUT2D eigenvalue weighted by atomic mass is 16.1. The summed E-state index contributed by atoms with van der Waals surface area (Å²) in [5, 5.41) is 0. The molecule has 0 amide bonds. The average Bonchev–Trinajstić information content (AvgIpc) is 2.92. The van der Waals surface area contributed by atoms with Crippen LogP contribution in [0.3, 0.4) is 0 Å². The Morgan fingerprint density at radius 2 is 1.78 bits per heavy atom. The number of unbranched alkanes of at least 4 members (excludes halogenated alkanes) is 3. The van der Waals surface area contributed by atoms with Crippen molar-refractivity contribution in [2.45, 2.75) is 57.8 Å². The molecule has 0 saturated heterocycles. The molecule has 2 atom stereocenters. The van der Waals surface area contributed by atoms with Crippen LogP contribution in [-0.2, 0) is 16.0 Å². The highest BCUT2D eigenvalue weighted by Crippen LogP contribution is 2.53. The van der Waals surface area contributed by atoms with Gasteiger partial charge in [0.1, 0.15) is 17.5 Å². The predicted octanol–water partition coefficient (Wildman–Crippen LogP) is 4.67. The standard InChI is InChI=1S/C21H26O2/c22-17-21-15-14-20(16-21,13-11-19(21)23)12-7-2-1-4-8-18-9-5-3-6-10-18/h3,5-6,9-10,14-15,17H,1-2,4,7-8,11-13,16H2. The number of allylic oxidation sites excluding steroid dienone is 2. The van der Waals surface area contributed by atoms with Gasteiger partial charge in [0, 0.05) is 6.42 Å². The second kappa shape index (κ2) is 6.82. The van der Waals surface area contributed by atoms with E-state index in [0.717, 1.165) is 32.0 Å². The molecule has 2 nitrogen and oxygen atoms in total. The number of hydrogen-bond acceptors (Lipinski definition) is 2. The van der Waals surface area contributed by atoms with E-state index in [1.54, 1.807) is 0 Å². The molecule has 23 heavy (non-hydrogen) atoms. The third-order valence-corrected chi connectivity index (χ3v) is 5.69. The fourth-order valence-electron chi connectivity index (χ4n) is 4.23. The van der Waals surface area contributed by atoms with Gasteiger partial charge in [-0.2, -0.15) is 0 Å². The van der Waals surface area contributed by atoms with Crippen LogP contribution in [0.4, 0.5) is 0 Å². The SMILES string of the molecule is O=CC12C=CC(CCCCCCc3ccccc3)(CCC1=O)C2. The molecule has 0 spiro atoms. The van der Waals surface area contributed by atoms with Gasteiger partial charge >= 0.3 is 0 Å². The maximum atomic E-state index is 12.0. The monoisotopic (exact) mass is 310 g/mol. The third-order valence-electron chi connectivity index (χ3n) is 5.69. The summed E-state index contributed by atoms with van der Waals surface area (Å²) in [6, 6.07) is 10.7. The number of carbonyl (C=O) groups excluding carboxylic acids is 2. The summed E-state index contributed by atoms with van der Waals surface area (Å²) < 4.78 is 0. The zero-order chi connectivity index (χ0) is 16.2. The number of ketones is 1. The van der Waals surface area contributed by atoms with Gasteiger partial charge in [0.15, 0.2) is 0 Å². The van der Waals surface area contributed by atoms with Crippen LogP contribution in [-0.4, -0.2) is 12.1 Å². The van der Waals surface area contributed by atoms with E-state index in [0.29, 0.717) is 6.42 Å². The van der Waals surface area contributed by atoms with Crippen molar-refractivity contribution in [1.82, 2.24) is 0 Å². The molecule has 0 aliphatic heterocycles. The van der Waals surface area contributed by atoms with E-state index in [4.69, 9.17) is 0 Å². The van der Waals surface area contributed by atoms with Crippen LogP contribution >= 0.6 is 0 Å². The fraction of sp³-hybridized carbons (Fsp3) is 0.524. The Morgan fingerprint density at radius 3 is 2.57 bits per heavy atom. The van der Waals surface area contributed by atoms with E-state index >= 15 is 0 Å². The molecule has 0 heterocycles. The molecule has 122 valence electrons. The highest BCUT2D eigenvalue weighted by Gasteiger charge is 2.51. The summed E-state index contributed by atoms with van der Waals surface area (Å²) in [7, 11) is 0. The molecule has 1 saturated carbocycles. The first-order valence-corrected chi connectivity index (χ1v) is 8.92. The van der Waals surface area contributed by atoms with Crippen LogP contribution in [0.2, 0.25) is 0 Å². The van der Waals surface area contributed by atoms with Gasteiger partial charge in [-0.3, -0.25) is 4.79 Å². The molecule has 2 aliphatic rings. The van der Waals surface area contributed by atoms with Crippen LogP contribution in [0.1, 0.15) is 56.9 Å². The summed E-state index contributed by atoms with van der Waals surface area (Å²) in [6.45, 7) is 0. The van der Waals surface area contributed by atoms with E-state index in [1.807, 2.05) is 6.08 Å². The van der Waals surface area contributed by atoms with Crippen molar-refractivity contribution in [1.29, 1.82) is 0 Å². The van der Waals surface area contributed by atoms with Crippen molar-refractivity contribution in [3.05, 3.63) is 48.0 Å². The summed E-state index contributed by atoms with van der Waals surface area (Å²) in [4.78, 5) is 23.4. The molecule has 1 aromatic carbocycles. The van der Waals surface area contributed by atoms with Crippen molar-refractivity contribution < 1.29 is 9.59 Å². The van der Waals surface area contributed by atoms with Gasteiger partial charge in [-0.25, -0.2) is 0 Å². The second-order valence-electron chi connectivity index (χ2n) is 7.35. The summed E-state index contributed by atoms with van der Waals surface area (Å²) in [6.07, 6.45) is 14.4. The maximum Gasteiger partial charge on any atom is 0.149 e. The first kappa shape index (κ1) is 16.2. The van der Waals surface area contributed by atoms with Gasteiger partial charge in [0.25, 0.3) is 0 Å². The molecule has 1 fully saturated rings. The van der Waals surface area contributed by atoms with Crippen molar-refractivity contribution in [2.24, 2.45) is 10.8 Å². The fourth-order valence-corrected chi connectivity index (χ4v) is 4.23. The lowest BCUT2D eigenvalue weighted by Crippen LogP contribution is -2.37. The molecule has 3 rings (SSSR count). The number of Topliss-reactive ketones (excluding diaryl/α,β-unsaturated/α-hetero) is 1. The second-order valence-corrected chi connectivity index (χ2v) is 7.35. The summed E-state index contributed by atoms with van der Waals surface area (Å²) in [5.41, 5.74) is 0.770. The molecular formula is C21H26O2. The van der Waals surface area contributed by atoms with Crippen LogP contribution in [0.15, 0.2) is 42.5 Å². The Labute approximate surface area is 139 Å². The normalized spacial score (nSPS) is 29.0. The Balaban J connectivity index is 1.39. The first-order valence-electron chi connectivity index (χ1n) is 8.92. The number of rotatable bonds is 8. The van der Waals surface area contributed by atoms with Crippen molar-refractivity contribution in [2.75, 3.05) is 0 Å². The minimum Gasteiger partial charge on any atom is -0.302 e. The van der Waals surface area contributed by atoms with Crippen molar-refractivity contribution in [3.8, 4) is 0 Å². The summed E-state index contributed by atoms with van der Waals surface area (Å²) >= 11 is 0. The lowest BCUT2D eigenvalue weighted by atomic mass is 9.66. The van der Waals surface area contributed by atoms with Gasteiger partial charge in [-0.1, -0.05) is 61.7 Å². The molecule has 2 aliphatic carbocycles. The van der Waals surface area contributed by atoms with Gasteiger partial charge in [-0.15, -0.1) is 0 Å². The van der Waals surface area contributed by atoms with E-state index in [1.165, 1.54) is 31.2 Å². The quantitative estimate of drug-likeness (QED) is 0.302. The number of hydrogen-bond donors (Lipinski definition) is 0. The lowest BCUT2D eigenvalue weighted by Gasteiger charge is -2.36. The number of fused-ring (bicyclic) bond motifs is 2. The van der Waals surface area contributed by atoms with E-state index < -0.39 is 5.41 Å². The molecule has 1 aromatic rings. The van der Waals surface area contributed by atoms with Gasteiger partial charge in [-0.05, 0) is 43.1 Å². The third kappa shape index (κ3) is 3.46. The minimum absolute atomic E-state index is 0.119. The molecule has 0 radical (unpaired) electrons. The molecule has 0 N–H and O–H groups in total. The van der Waals surface area contributed by atoms with E-state index in [9.17, 15) is 9.59 Å². The number of aldehydes is 1. The van der Waals surface area contributed by atoms with Crippen LogP contribution in [0.25, 0.3) is 0 Å². The highest BCUT2D eigenvalue weighted by molar-refractivity contribution is 6.02. The average molecular weight is 310 g/mol. The smallest absolute Gasteiger partial charge is 0.149 e. The first-order chi connectivity index (χ1) is 11.2. The number of aryl methyl sites for hydroxylation is 1. The van der Waals surface area contributed by atoms with Gasteiger partial charge in [0.05, 0.1) is 0 Å². The lowest BCUT2D eigenvalue weighted by molar-refractivity contribution is -0.135. The summed E-state index contributed by atoms with van der Waals surface area (Å²) in [5.74, 6) is 0.125. The predicted molar refractivity (Wildman–Crippen MR) is 92.2 cm³/mol. The zero-order valence-corrected chi connectivity index (χ0v) is 13.8. The number of benzene rings is 1. The minimum atomic E-state index is -0.772. The largest absolute Gasteiger partial charge is 0.302 e. The molecule has 2 bridgehead atoms. The molecule has 2 unspecified atom stereocenters. The maximum absolute atomic E-state index is 12.0. The number of carbonyl (C=O) groups is 2. The van der Waals surface area contributed by atoms with Crippen molar-refractivity contribution >= 4 is 12.1 Å². The topological polar surface area (TPSA) is 34.1 Å². The van der Waals surface area contributed by atoms with E-state index in [-0.39, 0.29) is 11.2 Å². The van der Waals surface area contributed by atoms with Crippen LogP contribution < -0.4 is 0 Å². The Hall–Kier alpha value is -1.70. The van der Waals surface area contributed by atoms with Crippen molar-refractivity contribution in [3.63, 3.8) is 0 Å². The van der Waals surface area contributed by atoms with E-state index in [2.05, 4.69) is 36.4 Å². The van der Waals surface area contributed by atoms with Gasteiger partial charge < -0.3 is 4.79 Å². The van der Waals surface area contributed by atoms with Crippen LogP contribution in [0, 0.1) is 10.8 Å².